The molecule has 142 valence electrons. The van der Waals surface area contributed by atoms with Crippen molar-refractivity contribution in [2.24, 2.45) is 5.92 Å². The molecular formula is C21H27N5O. The van der Waals surface area contributed by atoms with Gasteiger partial charge in [0, 0.05) is 38.0 Å². The number of benzene rings is 1. The van der Waals surface area contributed by atoms with E-state index in [4.69, 9.17) is 0 Å². The van der Waals surface area contributed by atoms with Crippen LogP contribution in [-0.4, -0.2) is 45.2 Å². The molecule has 1 saturated carbocycles. The highest BCUT2D eigenvalue weighted by atomic mass is 16.2. The van der Waals surface area contributed by atoms with E-state index < -0.39 is 0 Å². The Kier molecular flexibility index (Phi) is 4.23. The van der Waals surface area contributed by atoms with Gasteiger partial charge in [-0.15, -0.1) is 10.2 Å². The molecule has 0 bridgehead atoms. The van der Waals surface area contributed by atoms with Gasteiger partial charge in [-0.1, -0.05) is 24.3 Å². The molecule has 1 aromatic heterocycles. The first-order valence-corrected chi connectivity index (χ1v) is 10.2. The summed E-state index contributed by atoms with van der Waals surface area (Å²) in [5.41, 5.74) is 2.66. The van der Waals surface area contributed by atoms with Crippen molar-refractivity contribution in [3.63, 3.8) is 0 Å². The van der Waals surface area contributed by atoms with E-state index in [1.54, 1.807) is 0 Å². The Morgan fingerprint density at radius 2 is 1.96 bits per heavy atom. The lowest BCUT2D eigenvalue weighted by Gasteiger charge is -2.32. The summed E-state index contributed by atoms with van der Waals surface area (Å²) in [7, 11) is 0. The quantitative estimate of drug-likeness (QED) is 0.906. The van der Waals surface area contributed by atoms with Gasteiger partial charge >= 0.3 is 0 Å². The van der Waals surface area contributed by atoms with E-state index in [2.05, 4.69) is 56.2 Å². The highest BCUT2D eigenvalue weighted by molar-refractivity contribution is 5.83. The Labute approximate surface area is 160 Å². The molecule has 1 aromatic carbocycles. The zero-order chi connectivity index (χ0) is 18.4. The van der Waals surface area contributed by atoms with Crippen molar-refractivity contribution in [3.05, 3.63) is 47.0 Å². The van der Waals surface area contributed by atoms with Crippen LogP contribution in [0.5, 0.6) is 0 Å². The molecule has 27 heavy (non-hydrogen) atoms. The van der Waals surface area contributed by atoms with Crippen molar-refractivity contribution in [2.45, 2.75) is 51.1 Å². The molecule has 0 radical (unpaired) electrons. The second kappa shape index (κ2) is 6.75. The smallest absolute Gasteiger partial charge is 0.226 e. The molecule has 1 aliphatic carbocycles. The lowest BCUT2D eigenvalue weighted by molar-refractivity contribution is -0.133. The number of carbonyl (C=O) groups is 1. The molecule has 6 heteroatoms. The number of amides is 1. The van der Waals surface area contributed by atoms with Crippen LogP contribution >= 0.6 is 0 Å². The van der Waals surface area contributed by atoms with Crippen molar-refractivity contribution < 1.29 is 4.79 Å². The fraction of sp³-hybridized carbons (Fsp3) is 0.571. The van der Waals surface area contributed by atoms with Crippen molar-refractivity contribution in [1.82, 2.24) is 25.0 Å². The van der Waals surface area contributed by atoms with E-state index in [1.807, 2.05) is 0 Å². The maximum Gasteiger partial charge on any atom is 0.226 e. The zero-order valence-electron chi connectivity index (χ0n) is 15.9. The molecule has 3 aliphatic rings. The molecule has 2 aromatic rings. The second-order valence-corrected chi connectivity index (χ2v) is 8.21. The third-order valence-corrected chi connectivity index (χ3v) is 6.52. The van der Waals surface area contributed by atoms with Gasteiger partial charge < -0.3 is 14.8 Å². The number of hydrogen-bond acceptors (Lipinski definition) is 4. The fourth-order valence-electron chi connectivity index (χ4n) is 4.82. The molecule has 2 unspecified atom stereocenters. The summed E-state index contributed by atoms with van der Waals surface area (Å²) in [6.45, 7) is 6.60. The molecular weight excluding hydrogens is 338 g/mol. The third kappa shape index (κ3) is 3.06. The van der Waals surface area contributed by atoms with Crippen molar-refractivity contribution >= 4 is 5.91 Å². The average Bonchev–Trinajstić information content (AvgIpc) is 3.38. The number of hydrogen-bond donors (Lipinski definition) is 1. The molecule has 0 spiro atoms. The molecule has 1 saturated heterocycles. The lowest BCUT2D eigenvalue weighted by Crippen LogP contribution is -2.39. The Hall–Kier alpha value is -2.21. The van der Waals surface area contributed by atoms with E-state index in [0.29, 0.717) is 17.7 Å². The Morgan fingerprint density at radius 3 is 2.78 bits per heavy atom. The Morgan fingerprint density at radius 1 is 1.15 bits per heavy atom. The maximum absolute atomic E-state index is 13.0. The standard InChI is InChI=1S/C21H27N5O/c1-14-4-2-3-5-16(14)17-12-18(17)21(27)25-9-6-15(7-10-25)20-24-23-19-13-22-8-11-26(19)20/h2-5,15,17-18,22H,6-13H2,1H3. The molecule has 6 nitrogen and oxygen atoms in total. The molecule has 2 atom stereocenters. The van der Waals surface area contributed by atoms with Crippen LogP contribution in [0.15, 0.2) is 24.3 Å². The van der Waals surface area contributed by atoms with Gasteiger partial charge in [0.15, 0.2) is 0 Å². The number of likely N-dealkylation sites (tertiary alicyclic amines) is 1. The van der Waals surface area contributed by atoms with E-state index in [0.717, 1.165) is 63.6 Å². The first kappa shape index (κ1) is 16.9. The predicted octanol–water partition coefficient (Wildman–Crippen LogP) is 2.20. The highest BCUT2D eigenvalue weighted by Crippen LogP contribution is 2.49. The average molecular weight is 365 g/mol. The Bertz CT molecular complexity index is 852. The molecule has 5 rings (SSSR count). The predicted molar refractivity (Wildman–Crippen MR) is 102 cm³/mol. The lowest BCUT2D eigenvalue weighted by atomic mass is 9.95. The largest absolute Gasteiger partial charge is 0.342 e. The van der Waals surface area contributed by atoms with Crippen LogP contribution in [0, 0.1) is 12.8 Å². The van der Waals surface area contributed by atoms with Gasteiger partial charge in [0.2, 0.25) is 5.91 Å². The molecule has 3 heterocycles. The van der Waals surface area contributed by atoms with Crippen LogP contribution in [0.4, 0.5) is 0 Å². The number of aromatic nitrogens is 3. The summed E-state index contributed by atoms with van der Waals surface area (Å²) in [4.78, 5) is 15.1. The first-order chi connectivity index (χ1) is 13.2. The summed E-state index contributed by atoms with van der Waals surface area (Å²) in [5, 5.41) is 12.2. The number of aryl methyl sites for hydroxylation is 1. The van der Waals surface area contributed by atoms with Crippen LogP contribution in [0.2, 0.25) is 0 Å². The topological polar surface area (TPSA) is 63.1 Å². The second-order valence-electron chi connectivity index (χ2n) is 8.21. The number of fused-ring (bicyclic) bond motifs is 1. The van der Waals surface area contributed by atoms with Gasteiger partial charge in [0.05, 0.1) is 6.54 Å². The number of nitrogens with one attached hydrogen (secondary N) is 1. The molecule has 2 fully saturated rings. The molecule has 1 amide bonds. The van der Waals surface area contributed by atoms with Crippen molar-refractivity contribution in [1.29, 1.82) is 0 Å². The number of carbonyl (C=O) groups excluding carboxylic acids is 1. The van der Waals surface area contributed by atoms with Gasteiger partial charge in [-0.3, -0.25) is 4.79 Å². The minimum atomic E-state index is 0.189. The van der Waals surface area contributed by atoms with Crippen LogP contribution in [-0.2, 0) is 17.9 Å². The van der Waals surface area contributed by atoms with Crippen LogP contribution in [0.3, 0.4) is 0 Å². The van der Waals surface area contributed by atoms with Crippen molar-refractivity contribution in [3.8, 4) is 0 Å². The highest BCUT2D eigenvalue weighted by Gasteiger charge is 2.46. The van der Waals surface area contributed by atoms with E-state index in [9.17, 15) is 4.79 Å². The van der Waals surface area contributed by atoms with Crippen LogP contribution < -0.4 is 5.32 Å². The van der Waals surface area contributed by atoms with Gasteiger partial charge in [-0.25, -0.2) is 0 Å². The van der Waals surface area contributed by atoms with Crippen LogP contribution in [0.25, 0.3) is 0 Å². The van der Waals surface area contributed by atoms with Gasteiger partial charge in [0.25, 0.3) is 0 Å². The summed E-state index contributed by atoms with van der Waals surface area (Å²) >= 11 is 0. The zero-order valence-corrected chi connectivity index (χ0v) is 15.9. The minimum Gasteiger partial charge on any atom is -0.342 e. The normalized spacial score (nSPS) is 25.3. The van der Waals surface area contributed by atoms with Crippen LogP contribution in [0.1, 0.15) is 53.9 Å². The van der Waals surface area contributed by atoms with Crippen molar-refractivity contribution in [2.75, 3.05) is 19.6 Å². The number of rotatable bonds is 3. The van der Waals surface area contributed by atoms with Gasteiger partial charge in [0.1, 0.15) is 11.6 Å². The summed E-state index contributed by atoms with van der Waals surface area (Å²) in [5.74, 6) is 3.58. The van der Waals surface area contributed by atoms with E-state index in [-0.39, 0.29) is 5.92 Å². The first-order valence-electron chi connectivity index (χ1n) is 10.2. The molecule has 2 aliphatic heterocycles. The molecule has 1 N–H and O–H groups in total. The fourth-order valence-corrected chi connectivity index (χ4v) is 4.82. The summed E-state index contributed by atoms with van der Waals surface area (Å²) < 4.78 is 2.29. The maximum atomic E-state index is 13.0. The van der Waals surface area contributed by atoms with Gasteiger partial charge in [-0.2, -0.15) is 0 Å². The monoisotopic (exact) mass is 365 g/mol. The number of nitrogens with zero attached hydrogens (tertiary/aromatic N) is 4. The van der Waals surface area contributed by atoms with E-state index >= 15 is 0 Å². The third-order valence-electron chi connectivity index (χ3n) is 6.52. The number of piperidine rings is 1. The minimum absolute atomic E-state index is 0.189. The summed E-state index contributed by atoms with van der Waals surface area (Å²) in [6, 6.07) is 8.49. The Balaban J connectivity index is 1.21. The summed E-state index contributed by atoms with van der Waals surface area (Å²) in [6.07, 6.45) is 3.01. The SMILES string of the molecule is Cc1ccccc1C1CC1C(=O)N1CCC(c2nnc3n2CCNC3)CC1. The van der Waals surface area contributed by atoms with Gasteiger partial charge in [-0.05, 0) is 43.2 Å². The van der Waals surface area contributed by atoms with E-state index in [1.165, 1.54) is 11.1 Å².